The van der Waals surface area contributed by atoms with E-state index in [1.165, 1.54) is 0 Å². The molecule has 5 atom stereocenters. The minimum absolute atomic E-state index is 0.174. The zero-order valence-electron chi connectivity index (χ0n) is 9.52. The Hall–Kier alpha value is -1.27. The third-order valence-electron chi connectivity index (χ3n) is 3.51. The van der Waals surface area contributed by atoms with Gasteiger partial charge in [-0.2, -0.15) is 0 Å². The smallest absolute Gasteiger partial charge is 0.221 e. The molecule has 1 unspecified atom stereocenters. The van der Waals surface area contributed by atoms with Gasteiger partial charge in [-0.25, -0.2) is 0 Å². The highest BCUT2D eigenvalue weighted by atomic mass is 16.8. The first-order valence-corrected chi connectivity index (χ1v) is 5.99. The van der Waals surface area contributed by atoms with Crippen molar-refractivity contribution in [1.29, 1.82) is 0 Å². The van der Waals surface area contributed by atoms with E-state index in [4.69, 9.17) is 18.9 Å². The molecule has 3 heterocycles. The molecule has 3 saturated heterocycles. The number of hydrogen-bond donors (Lipinski definition) is 0. The molecule has 0 radical (unpaired) electrons. The molecule has 3 aliphatic rings. The monoisotopic (exact) mass is 248 g/mol. The lowest BCUT2D eigenvalue weighted by atomic mass is 10.0. The average molecular weight is 248 g/mol. The molecule has 0 amide bonds. The molecule has 3 aliphatic heterocycles. The molecule has 0 N–H and O–H groups in total. The number of ether oxygens (including phenoxy) is 4. The number of fused-ring (bicyclic) bond motifs is 4. The maximum absolute atomic E-state index is 12.0. The molecular weight excluding hydrogens is 236 g/mol. The van der Waals surface area contributed by atoms with Crippen molar-refractivity contribution in [3.05, 3.63) is 35.9 Å². The number of carbonyl (C=O) groups excluding carboxylic acids is 1. The summed E-state index contributed by atoms with van der Waals surface area (Å²) in [5.41, 5.74) is 0.913. The van der Waals surface area contributed by atoms with Crippen molar-refractivity contribution in [2.24, 2.45) is 0 Å². The maximum atomic E-state index is 12.0. The van der Waals surface area contributed by atoms with E-state index < -0.39 is 18.7 Å². The van der Waals surface area contributed by atoms with Crippen LogP contribution in [0.1, 0.15) is 11.9 Å². The zero-order valence-corrected chi connectivity index (χ0v) is 9.52. The van der Waals surface area contributed by atoms with Gasteiger partial charge in [0.25, 0.3) is 0 Å². The van der Waals surface area contributed by atoms with Gasteiger partial charge in [0.05, 0.1) is 6.61 Å². The Morgan fingerprint density at radius 3 is 2.67 bits per heavy atom. The van der Waals surface area contributed by atoms with Crippen molar-refractivity contribution in [3.8, 4) is 0 Å². The number of benzene rings is 1. The molecule has 3 fully saturated rings. The SMILES string of the molecule is O=C1[C@@H]2OC[C@@H](O2)[C@@H]2OC(c3ccccc3)O[C@H]12. The second-order valence-corrected chi connectivity index (χ2v) is 4.64. The van der Waals surface area contributed by atoms with Gasteiger partial charge in [-0.05, 0) is 0 Å². The van der Waals surface area contributed by atoms with Crippen LogP contribution < -0.4 is 0 Å². The first-order chi connectivity index (χ1) is 8.83. The molecule has 0 aromatic heterocycles. The zero-order chi connectivity index (χ0) is 12.1. The molecule has 1 aromatic carbocycles. The minimum Gasteiger partial charge on any atom is -0.343 e. The molecule has 4 rings (SSSR count). The molecule has 18 heavy (non-hydrogen) atoms. The standard InChI is InChI=1S/C13H12O5/c14-9-11-10(8-6-15-13(9)16-8)17-12(18-11)7-4-2-1-3-5-7/h1-5,8,10-13H,6H2/t8-,10+,11-,12?,13-/m1/s1. The van der Waals surface area contributed by atoms with Crippen LogP contribution in [0.15, 0.2) is 30.3 Å². The Morgan fingerprint density at radius 2 is 1.83 bits per heavy atom. The lowest BCUT2D eigenvalue weighted by Gasteiger charge is -2.25. The van der Waals surface area contributed by atoms with E-state index in [2.05, 4.69) is 0 Å². The number of carbonyl (C=O) groups is 1. The predicted molar refractivity (Wildman–Crippen MR) is 58.5 cm³/mol. The fourth-order valence-electron chi connectivity index (χ4n) is 2.61. The summed E-state index contributed by atoms with van der Waals surface area (Å²) < 4.78 is 22.2. The largest absolute Gasteiger partial charge is 0.343 e. The van der Waals surface area contributed by atoms with Crippen LogP contribution in [0.5, 0.6) is 0 Å². The molecule has 0 spiro atoms. The first kappa shape index (κ1) is 10.6. The first-order valence-electron chi connectivity index (χ1n) is 5.99. The van der Waals surface area contributed by atoms with Crippen molar-refractivity contribution >= 4 is 5.78 Å². The second-order valence-electron chi connectivity index (χ2n) is 4.64. The summed E-state index contributed by atoms with van der Waals surface area (Å²) >= 11 is 0. The highest BCUT2D eigenvalue weighted by molar-refractivity contribution is 5.88. The summed E-state index contributed by atoms with van der Waals surface area (Å²) in [6.07, 6.45) is -2.39. The maximum Gasteiger partial charge on any atom is 0.221 e. The van der Waals surface area contributed by atoms with Crippen LogP contribution in [0, 0.1) is 0 Å². The number of rotatable bonds is 1. The van der Waals surface area contributed by atoms with E-state index >= 15 is 0 Å². The molecule has 0 saturated carbocycles. The fraction of sp³-hybridized carbons (Fsp3) is 0.462. The van der Waals surface area contributed by atoms with E-state index in [0.717, 1.165) is 5.56 Å². The summed E-state index contributed by atoms with van der Waals surface area (Å²) in [4.78, 5) is 12.0. The van der Waals surface area contributed by atoms with E-state index in [1.54, 1.807) is 0 Å². The van der Waals surface area contributed by atoms with Gasteiger partial charge in [-0.15, -0.1) is 0 Å². The second kappa shape index (κ2) is 3.86. The van der Waals surface area contributed by atoms with Crippen molar-refractivity contribution in [3.63, 3.8) is 0 Å². The van der Waals surface area contributed by atoms with E-state index in [0.29, 0.717) is 6.61 Å². The Kier molecular flexibility index (Phi) is 2.28. The Bertz CT molecular complexity index is 474. The molecule has 0 aliphatic carbocycles. The Labute approximate surface area is 104 Å². The van der Waals surface area contributed by atoms with Gasteiger partial charge in [-0.3, -0.25) is 4.79 Å². The van der Waals surface area contributed by atoms with Crippen LogP contribution in [0.25, 0.3) is 0 Å². The normalized spacial score (nSPS) is 42.0. The van der Waals surface area contributed by atoms with Crippen molar-refractivity contribution in [1.82, 2.24) is 0 Å². The van der Waals surface area contributed by atoms with Crippen molar-refractivity contribution in [2.75, 3.05) is 6.61 Å². The predicted octanol–water partition coefficient (Wildman–Crippen LogP) is 0.793. The lowest BCUT2D eigenvalue weighted by molar-refractivity contribution is -0.169. The average Bonchev–Trinajstić information content (AvgIpc) is 3.04. The number of Topliss-reactive ketones (excluding diaryl/α,β-unsaturated/α-hetero) is 1. The van der Waals surface area contributed by atoms with Crippen LogP contribution in [0.2, 0.25) is 0 Å². The topological polar surface area (TPSA) is 54.0 Å². The molecular formula is C13H12O5. The van der Waals surface area contributed by atoms with Gasteiger partial charge in [0.15, 0.2) is 12.4 Å². The quantitative estimate of drug-likeness (QED) is 0.735. The van der Waals surface area contributed by atoms with Crippen LogP contribution in [-0.2, 0) is 23.7 Å². The highest BCUT2D eigenvalue weighted by Gasteiger charge is 2.56. The Morgan fingerprint density at radius 1 is 1.00 bits per heavy atom. The highest BCUT2D eigenvalue weighted by Crippen LogP contribution is 2.39. The van der Waals surface area contributed by atoms with Gasteiger partial charge in [0.2, 0.25) is 12.1 Å². The van der Waals surface area contributed by atoms with Gasteiger partial charge < -0.3 is 18.9 Å². The van der Waals surface area contributed by atoms with Gasteiger partial charge in [0, 0.05) is 5.56 Å². The van der Waals surface area contributed by atoms with Gasteiger partial charge in [-0.1, -0.05) is 30.3 Å². The van der Waals surface area contributed by atoms with Crippen LogP contribution >= 0.6 is 0 Å². The van der Waals surface area contributed by atoms with Gasteiger partial charge >= 0.3 is 0 Å². The van der Waals surface area contributed by atoms with E-state index in [9.17, 15) is 4.79 Å². The number of hydrogen-bond acceptors (Lipinski definition) is 5. The number of ketones is 1. The summed E-state index contributed by atoms with van der Waals surface area (Å²) in [6.45, 7) is 0.391. The fourth-order valence-corrected chi connectivity index (χ4v) is 2.61. The van der Waals surface area contributed by atoms with Gasteiger partial charge in [0.1, 0.15) is 12.2 Å². The van der Waals surface area contributed by atoms with Crippen LogP contribution in [0.4, 0.5) is 0 Å². The van der Waals surface area contributed by atoms with Crippen LogP contribution in [0.3, 0.4) is 0 Å². The third kappa shape index (κ3) is 1.45. The minimum atomic E-state index is -0.769. The summed E-state index contributed by atoms with van der Waals surface area (Å²) in [6, 6.07) is 9.59. The summed E-state index contributed by atoms with van der Waals surface area (Å²) in [7, 11) is 0. The molecule has 1 aromatic rings. The molecule has 94 valence electrons. The third-order valence-corrected chi connectivity index (χ3v) is 3.51. The summed E-state index contributed by atoms with van der Waals surface area (Å²) in [5.74, 6) is -0.174. The molecule has 5 nitrogen and oxygen atoms in total. The Balaban J connectivity index is 1.61. The van der Waals surface area contributed by atoms with Crippen molar-refractivity contribution < 1.29 is 23.7 Å². The lowest BCUT2D eigenvalue weighted by Crippen LogP contribution is -2.49. The van der Waals surface area contributed by atoms with E-state index in [-0.39, 0.29) is 18.0 Å². The van der Waals surface area contributed by atoms with Crippen LogP contribution in [-0.4, -0.2) is 37.0 Å². The summed E-state index contributed by atoms with van der Waals surface area (Å²) in [5, 5.41) is 0. The molecule has 2 bridgehead atoms. The molecule has 5 heteroatoms. The van der Waals surface area contributed by atoms with E-state index in [1.807, 2.05) is 30.3 Å². The van der Waals surface area contributed by atoms with Crippen molar-refractivity contribution in [2.45, 2.75) is 30.9 Å².